The zero-order valence-corrected chi connectivity index (χ0v) is 17.5. The summed E-state index contributed by atoms with van der Waals surface area (Å²) in [4.78, 5) is 29.3. The van der Waals surface area contributed by atoms with Crippen LogP contribution in [-0.4, -0.2) is 65.2 Å². The lowest BCUT2D eigenvalue weighted by Gasteiger charge is -2.41. The molecular formula is C25H28N2O4. The molecule has 0 unspecified atom stereocenters. The van der Waals surface area contributed by atoms with Crippen LogP contribution in [0.1, 0.15) is 30.0 Å². The Bertz CT molecular complexity index is 888. The predicted octanol–water partition coefficient (Wildman–Crippen LogP) is 2.80. The number of hydrogen-bond donors (Lipinski definition) is 1. The van der Waals surface area contributed by atoms with Gasteiger partial charge in [0.05, 0.1) is 30.1 Å². The second-order valence-corrected chi connectivity index (χ2v) is 8.77. The summed E-state index contributed by atoms with van der Waals surface area (Å²) in [6.45, 7) is 2.71. The molecule has 4 atom stereocenters. The molecule has 3 aliphatic heterocycles. The van der Waals surface area contributed by atoms with E-state index in [1.807, 2.05) is 17.0 Å². The predicted molar refractivity (Wildman–Crippen MR) is 115 cm³/mol. The Morgan fingerprint density at radius 3 is 1.84 bits per heavy atom. The van der Waals surface area contributed by atoms with Gasteiger partial charge in [-0.2, -0.15) is 0 Å². The van der Waals surface area contributed by atoms with Gasteiger partial charge in [-0.15, -0.1) is 0 Å². The summed E-state index contributed by atoms with van der Waals surface area (Å²) in [5.41, 5.74) is 2.47. The lowest BCUT2D eigenvalue weighted by molar-refractivity contribution is -0.151. The fourth-order valence-electron chi connectivity index (χ4n) is 5.60. The molecule has 2 aromatic carbocycles. The van der Waals surface area contributed by atoms with Crippen molar-refractivity contribution in [3.63, 3.8) is 0 Å². The van der Waals surface area contributed by atoms with E-state index in [9.17, 15) is 14.7 Å². The summed E-state index contributed by atoms with van der Waals surface area (Å²) in [7, 11) is 0. The molecule has 3 saturated heterocycles. The quantitative estimate of drug-likeness (QED) is 0.806. The first-order valence-corrected chi connectivity index (χ1v) is 11.1. The zero-order chi connectivity index (χ0) is 21.4. The molecule has 0 aromatic heterocycles. The number of carbonyl (C=O) groups excluding carboxylic acids is 1. The number of piperazine rings is 1. The van der Waals surface area contributed by atoms with Crippen LogP contribution in [0.4, 0.5) is 0 Å². The number of nitrogens with zero attached hydrogens (tertiary/aromatic N) is 2. The summed E-state index contributed by atoms with van der Waals surface area (Å²) in [5.74, 6) is -2.19. The number of rotatable bonds is 5. The molecule has 3 fully saturated rings. The topological polar surface area (TPSA) is 70.1 Å². The molecule has 6 nitrogen and oxygen atoms in total. The van der Waals surface area contributed by atoms with Gasteiger partial charge in [0, 0.05) is 26.2 Å². The Labute approximate surface area is 182 Å². The number of benzene rings is 2. The van der Waals surface area contributed by atoms with Crippen molar-refractivity contribution < 1.29 is 19.4 Å². The Hall–Kier alpha value is -2.70. The standard InChI is InChI=1S/C25H28N2O4/c28-24(21-19-11-12-20(31-19)22(21)25(29)30)27-15-13-26(14-16-27)23(17-7-3-1-4-8-17)18-9-5-2-6-10-18/h1-10,19-23H,11-16H2,(H,29,30)/t19-,20-,21-,22-/m0/s1. The fraction of sp³-hybridized carbons (Fsp3) is 0.440. The van der Waals surface area contributed by atoms with Gasteiger partial charge in [-0.1, -0.05) is 60.7 Å². The smallest absolute Gasteiger partial charge is 0.310 e. The fourth-order valence-corrected chi connectivity index (χ4v) is 5.60. The van der Waals surface area contributed by atoms with Crippen molar-refractivity contribution in [2.45, 2.75) is 31.1 Å². The Balaban J connectivity index is 1.31. The maximum atomic E-state index is 13.3. The number of amides is 1. The van der Waals surface area contributed by atoms with E-state index in [4.69, 9.17) is 4.74 Å². The second-order valence-electron chi connectivity index (χ2n) is 8.77. The molecule has 0 radical (unpaired) electrons. The first kappa shape index (κ1) is 20.2. The van der Waals surface area contributed by atoms with Crippen LogP contribution in [-0.2, 0) is 14.3 Å². The van der Waals surface area contributed by atoms with Crippen molar-refractivity contribution in [1.29, 1.82) is 0 Å². The lowest BCUT2D eigenvalue weighted by Crippen LogP contribution is -2.54. The van der Waals surface area contributed by atoms with Gasteiger partial charge in [-0.3, -0.25) is 14.5 Å². The Morgan fingerprint density at radius 2 is 1.32 bits per heavy atom. The molecule has 162 valence electrons. The van der Waals surface area contributed by atoms with Crippen LogP contribution >= 0.6 is 0 Å². The van der Waals surface area contributed by atoms with E-state index in [0.717, 1.165) is 25.9 Å². The maximum absolute atomic E-state index is 13.3. The van der Waals surface area contributed by atoms with E-state index in [1.165, 1.54) is 11.1 Å². The van der Waals surface area contributed by atoms with Gasteiger partial charge in [-0.25, -0.2) is 0 Å². The minimum atomic E-state index is -0.905. The van der Waals surface area contributed by atoms with Crippen molar-refractivity contribution in [2.24, 2.45) is 11.8 Å². The van der Waals surface area contributed by atoms with Crippen molar-refractivity contribution in [1.82, 2.24) is 9.80 Å². The van der Waals surface area contributed by atoms with Crippen molar-refractivity contribution >= 4 is 11.9 Å². The highest BCUT2D eigenvalue weighted by Gasteiger charge is 2.56. The molecule has 5 rings (SSSR count). The summed E-state index contributed by atoms with van der Waals surface area (Å²) < 4.78 is 5.81. The summed E-state index contributed by atoms with van der Waals surface area (Å²) in [6, 6.07) is 21.0. The average Bonchev–Trinajstić information content (AvgIpc) is 3.43. The van der Waals surface area contributed by atoms with Gasteiger partial charge >= 0.3 is 5.97 Å². The number of carboxylic acids is 1. The Morgan fingerprint density at radius 1 is 0.806 bits per heavy atom. The third kappa shape index (κ3) is 3.75. The molecule has 2 bridgehead atoms. The molecular weight excluding hydrogens is 392 g/mol. The van der Waals surface area contributed by atoms with E-state index >= 15 is 0 Å². The number of hydrogen-bond acceptors (Lipinski definition) is 4. The molecule has 3 heterocycles. The van der Waals surface area contributed by atoms with Gasteiger partial charge in [0.25, 0.3) is 0 Å². The number of carboxylic acid groups (broad SMARTS) is 1. The van der Waals surface area contributed by atoms with E-state index in [2.05, 4.69) is 53.4 Å². The van der Waals surface area contributed by atoms with Crippen LogP contribution in [0, 0.1) is 11.8 Å². The van der Waals surface area contributed by atoms with Crippen LogP contribution in [0.25, 0.3) is 0 Å². The molecule has 1 amide bonds. The summed E-state index contributed by atoms with van der Waals surface area (Å²) in [5, 5.41) is 9.66. The highest BCUT2D eigenvalue weighted by molar-refractivity contribution is 5.86. The summed E-state index contributed by atoms with van der Waals surface area (Å²) in [6.07, 6.45) is 0.987. The third-order valence-electron chi connectivity index (χ3n) is 7.07. The monoisotopic (exact) mass is 420 g/mol. The van der Waals surface area contributed by atoms with Gasteiger partial charge in [0.15, 0.2) is 0 Å². The first-order valence-electron chi connectivity index (χ1n) is 11.1. The normalized spacial score (nSPS) is 28.2. The van der Waals surface area contributed by atoms with Gasteiger partial charge in [-0.05, 0) is 24.0 Å². The minimum absolute atomic E-state index is 0.0461. The van der Waals surface area contributed by atoms with Crippen LogP contribution in [0.3, 0.4) is 0 Å². The lowest BCUT2D eigenvalue weighted by atomic mass is 9.78. The van der Waals surface area contributed by atoms with Gasteiger partial charge in [0.2, 0.25) is 5.91 Å². The van der Waals surface area contributed by atoms with Crippen LogP contribution in [0.2, 0.25) is 0 Å². The molecule has 1 N–H and O–H groups in total. The van der Waals surface area contributed by atoms with Crippen LogP contribution < -0.4 is 0 Å². The first-order chi connectivity index (χ1) is 15.1. The number of carbonyl (C=O) groups is 2. The van der Waals surface area contributed by atoms with E-state index in [1.54, 1.807) is 0 Å². The van der Waals surface area contributed by atoms with Gasteiger partial charge < -0.3 is 14.7 Å². The third-order valence-corrected chi connectivity index (χ3v) is 7.07. The number of aliphatic carboxylic acids is 1. The van der Waals surface area contributed by atoms with Crippen LogP contribution in [0.5, 0.6) is 0 Å². The largest absolute Gasteiger partial charge is 0.481 e. The molecule has 0 spiro atoms. The molecule has 2 aromatic rings. The van der Waals surface area contributed by atoms with Crippen molar-refractivity contribution in [3.8, 4) is 0 Å². The zero-order valence-electron chi connectivity index (χ0n) is 17.5. The van der Waals surface area contributed by atoms with Gasteiger partial charge in [0.1, 0.15) is 0 Å². The van der Waals surface area contributed by atoms with E-state index in [0.29, 0.717) is 13.1 Å². The van der Waals surface area contributed by atoms with Crippen molar-refractivity contribution in [2.75, 3.05) is 26.2 Å². The maximum Gasteiger partial charge on any atom is 0.310 e. The van der Waals surface area contributed by atoms with Crippen molar-refractivity contribution in [3.05, 3.63) is 71.8 Å². The minimum Gasteiger partial charge on any atom is -0.481 e. The average molecular weight is 421 g/mol. The number of ether oxygens (including phenoxy) is 1. The number of fused-ring (bicyclic) bond motifs is 2. The Kier molecular flexibility index (Phi) is 5.50. The van der Waals surface area contributed by atoms with E-state index in [-0.39, 0.29) is 24.2 Å². The highest BCUT2D eigenvalue weighted by Crippen LogP contribution is 2.44. The second kappa shape index (κ2) is 8.44. The molecule has 3 aliphatic rings. The molecule has 0 aliphatic carbocycles. The van der Waals surface area contributed by atoms with Crippen LogP contribution in [0.15, 0.2) is 60.7 Å². The summed E-state index contributed by atoms with van der Waals surface area (Å²) >= 11 is 0. The SMILES string of the molecule is O=C(O)[C@@H]1[C@@H](C(=O)N2CCN(C(c3ccccc3)c3ccccc3)CC2)[C@@H]2CC[C@@H]1O2. The molecule has 6 heteroatoms. The highest BCUT2D eigenvalue weighted by atomic mass is 16.5. The van der Waals surface area contributed by atoms with E-state index < -0.39 is 17.8 Å². The molecule has 31 heavy (non-hydrogen) atoms. The molecule has 0 saturated carbocycles.